The van der Waals surface area contributed by atoms with Crippen molar-refractivity contribution in [3.63, 3.8) is 0 Å². The monoisotopic (exact) mass is 299 g/mol. The number of aliphatic carboxylic acids is 1. The molecule has 0 aromatic carbocycles. The molecule has 1 heterocycles. The Balaban J connectivity index is -0.000000225. The summed E-state index contributed by atoms with van der Waals surface area (Å²) in [7, 11) is -6.09. The minimum Gasteiger partial charge on any atom is -0.741 e. The maximum absolute atomic E-state index is 10.7. The van der Waals surface area contributed by atoms with E-state index in [1.54, 1.807) is 0 Å². The number of hydrogen-bond acceptors (Lipinski definition) is 6. The summed E-state index contributed by atoms with van der Waals surface area (Å²) in [5.74, 6) is -0.970. The first-order chi connectivity index (χ1) is 7.05. The van der Waals surface area contributed by atoms with Crippen LogP contribution in [0.3, 0.4) is 0 Å². The van der Waals surface area contributed by atoms with Gasteiger partial charge in [-0.15, -0.1) is 0 Å². The molecule has 1 fully saturated rings. The first-order valence-corrected chi connectivity index (χ1v) is 5.43. The van der Waals surface area contributed by atoms with E-state index in [0.717, 1.165) is 19.4 Å². The molecular weight excluding hydrogens is 283 g/mol. The van der Waals surface area contributed by atoms with Crippen molar-refractivity contribution in [1.29, 1.82) is 0 Å². The van der Waals surface area contributed by atoms with Gasteiger partial charge in [-0.05, 0) is 19.4 Å². The quantitative estimate of drug-likeness (QED) is 0.424. The number of hydrogen-bond donors (Lipinski definition) is 3. The van der Waals surface area contributed by atoms with Crippen molar-refractivity contribution < 1.29 is 36.0 Å². The standard InChI is InChI=1S/C5H9NO2.CHF3O3S.2H3N/c7-5(8)4-2-1-3-6-4;2-1(3,4)8(5,6)7;;/h4,6H,1-3H2,(H,7,8);(H,5,6,7);2*1H3/t4-;;;/m0.../s1. The van der Waals surface area contributed by atoms with Gasteiger partial charge in [-0.1, -0.05) is 0 Å². The van der Waals surface area contributed by atoms with E-state index < -0.39 is 21.6 Å². The number of carbonyl (C=O) groups excluding carboxylic acids is 1. The fourth-order valence-corrected chi connectivity index (χ4v) is 0.886. The molecule has 0 unspecified atom stereocenters. The molecule has 0 saturated carbocycles. The Kier molecular flexibility index (Phi) is 10.1. The summed E-state index contributed by atoms with van der Waals surface area (Å²) in [5.41, 5.74) is -5.65. The number of halogens is 3. The summed E-state index contributed by atoms with van der Waals surface area (Å²) in [5, 5.41) is 12.8. The van der Waals surface area contributed by atoms with E-state index in [0.29, 0.717) is 0 Å². The lowest BCUT2D eigenvalue weighted by Gasteiger charge is -2.08. The third kappa shape index (κ3) is 8.19. The summed E-state index contributed by atoms with van der Waals surface area (Å²) >= 11 is 0. The first kappa shape index (κ1) is 22.2. The molecule has 12 heteroatoms. The molecule has 0 radical (unpaired) electrons. The van der Waals surface area contributed by atoms with E-state index in [1.807, 2.05) is 0 Å². The SMILES string of the molecule is O=C([O-])[C@@H]1CCCN1.O=S(=O)([O-])C(F)(F)F.[NH4+].[NH4+]. The summed E-state index contributed by atoms with van der Waals surface area (Å²) in [6, 6.07) is -0.380. The fourth-order valence-electron chi connectivity index (χ4n) is 0.886. The number of quaternary nitrogens is 2. The maximum Gasteiger partial charge on any atom is 0.485 e. The number of carboxylic acid groups (broad SMARTS) is 1. The van der Waals surface area contributed by atoms with Crippen molar-refractivity contribution >= 4 is 16.1 Å². The molecule has 1 aliphatic heterocycles. The molecule has 0 amide bonds. The highest BCUT2D eigenvalue weighted by Crippen LogP contribution is 2.20. The lowest BCUT2D eigenvalue weighted by atomic mass is 10.2. The molecule has 1 rings (SSSR count). The van der Waals surface area contributed by atoms with Crippen molar-refractivity contribution in [2.45, 2.75) is 24.4 Å². The molecule has 18 heavy (non-hydrogen) atoms. The average Bonchev–Trinajstić information content (AvgIpc) is 2.51. The molecule has 0 bridgehead atoms. The van der Waals surface area contributed by atoms with E-state index in [9.17, 15) is 23.1 Å². The smallest absolute Gasteiger partial charge is 0.485 e. The molecule has 1 saturated heterocycles. The molecule has 0 aromatic heterocycles. The van der Waals surface area contributed by atoms with Gasteiger partial charge in [0, 0.05) is 6.04 Å². The summed E-state index contributed by atoms with van der Waals surface area (Å²) in [6.45, 7) is 0.818. The van der Waals surface area contributed by atoms with Crippen LogP contribution in [0.5, 0.6) is 0 Å². The van der Waals surface area contributed by atoms with Crippen molar-refractivity contribution in [1.82, 2.24) is 17.6 Å². The Hall–Kier alpha value is -0.950. The third-order valence-electron chi connectivity index (χ3n) is 1.63. The van der Waals surface area contributed by atoms with Gasteiger partial charge in [-0.2, -0.15) is 13.2 Å². The van der Waals surface area contributed by atoms with Crippen LogP contribution in [-0.2, 0) is 14.9 Å². The van der Waals surface area contributed by atoms with Crippen LogP contribution in [0.2, 0.25) is 0 Å². The van der Waals surface area contributed by atoms with Gasteiger partial charge in [-0.3, -0.25) is 0 Å². The predicted molar refractivity (Wildman–Crippen MR) is 53.8 cm³/mol. The van der Waals surface area contributed by atoms with Crippen LogP contribution < -0.4 is 22.7 Å². The van der Waals surface area contributed by atoms with E-state index >= 15 is 0 Å². The molecule has 0 aliphatic carbocycles. The second-order valence-electron chi connectivity index (χ2n) is 2.87. The highest BCUT2D eigenvalue weighted by atomic mass is 32.2. The van der Waals surface area contributed by atoms with Crippen LogP contribution in [0.15, 0.2) is 0 Å². The Morgan fingerprint density at radius 2 is 1.67 bits per heavy atom. The van der Waals surface area contributed by atoms with Crippen molar-refractivity contribution in [3.8, 4) is 0 Å². The van der Waals surface area contributed by atoms with E-state index in [1.165, 1.54) is 0 Å². The molecule has 112 valence electrons. The second-order valence-corrected chi connectivity index (χ2v) is 4.24. The van der Waals surface area contributed by atoms with Crippen molar-refractivity contribution in [2.24, 2.45) is 0 Å². The van der Waals surface area contributed by atoms with Crippen LogP contribution in [0, 0.1) is 0 Å². The van der Waals surface area contributed by atoms with Crippen LogP contribution >= 0.6 is 0 Å². The van der Waals surface area contributed by atoms with Gasteiger partial charge in [0.2, 0.25) is 0 Å². The Morgan fingerprint density at radius 3 is 1.78 bits per heavy atom. The minimum absolute atomic E-state index is 0. The number of carbonyl (C=O) groups is 1. The summed E-state index contributed by atoms with van der Waals surface area (Å²) < 4.78 is 58.9. The normalized spacial score (nSPS) is 18.8. The molecule has 1 aliphatic rings. The Labute approximate surface area is 101 Å². The maximum atomic E-state index is 10.7. The lowest BCUT2D eigenvalue weighted by molar-refractivity contribution is -0.308. The van der Waals surface area contributed by atoms with E-state index in [4.69, 9.17) is 13.0 Å². The van der Waals surface area contributed by atoms with Crippen LogP contribution in [0.25, 0.3) is 0 Å². The zero-order valence-corrected chi connectivity index (χ0v) is 10.6. The lowest BCUT2D eigenvalue weighted by Crippen LogP contribution is -2.41. The molecule has 8 nitrogen and oxygen atoms in total. The summed E-state index contributed by atoms with van der Waals surface area (Å²) in [6.07, 6.45) is 1.68. The number of alkyl halides is 3. The molecule has 1 atom stereocenters. The number of carboxylic acids is 1. The third-order valence-corrected chi connectivity index (χ3v) is 2.20. The van der Waals surface area contributed by atoms with Crippen LogP contribution in [0.4, 0.5) is 13.2 Å². The van der Waals surface area contributed by atoms with Gasteiger partial charge in [0.15, 0.2) is 10.1 Å². The summed E-state index contributed by atoms with van der Waals surface area (Å²) in [4.78, 5) is 10.0. The highest BCUT2D eigenvalue weighted by molar-refractivity contribution is 7.86. The highest BCUT2D eigenvalue weighted by Gasteiger charge is 2.36. The van der Waals surface area contributed by atoms with Crippen molar-refractivity contribution in [2.75, 3.05) is 6.54 Å². The second kappa shape index (κ2) is 8.20. The fraction of sp³-hybridized carbons (Fsp3) is 0.833. The Bertz CT molecular complexity index is 339. The number of nitrogens with one attached hydrogen (secondary N) is 1. The zero-order valence-electron chi connectivity index (χ0n) is 9.78. The zero-order chi connectivity index (χ0) is 13.0. The van der Waals surface area contributed by atoms with Gasteiger partial charge < -0.3 is 32.1 Å². The van der Waals surface area contributed by atoms with Crippen molar-refractivity contribution in [3.05, 3.63) is 0 Å². The topological polar surface area (TPSA) is 182 Å². The molecule has 0 aromatic rings. The van der Waals surface area contributed by atoms with Gasteiger partial charge >= 0.3 is 5.51 Å². The van der Waals surface area contributed by atoms with Gasteiger partial charge in [-0.25, -0.2) is 8.42 Å². The Morgan fingerprint density at radius 1 is 1.28 bits per heavy atom. The molecule has 9 N–H and O–H groups in total. The van der Waals surface area contributed by atoms with Gasteiger partial charge in [0.05, 0.1) is 5.97 Å². The van der Waals surface area contributed by atoms with E-state index in [-0.39, 0.29) is 18.3 Å². The number of rotatable bonds is 1. The van der Waals surface area contributed by atoms with Gasteiger partial charge in [0.25, 0.3) is 0 Å². The predicted octanol–water partition coefficient (Wildman–Crippen LogP) is -0.708. The largest absolute Gasteiger partial charge is 0.741 e. The van der Waals surface area contributed by atoms with Crippen LogP contribution in [0.1, 0.15) is 12.8 Å². The van der Waals surface area contributed by atoms with E-state index in [2.05, 4.69) is 5.32 Å². The van der Waals surface area contributed by atoms with Gasteiger partial charge in [0.1, 0.15) is 0 Å². The molecular formula is C6H16F3N3O5S. The van der Waals surface area contributed by atoms with Crippen LogP contribution in [-0.4, -0.2) is 37.0 Å². The molecule has 0 spiro atoms. The average molecular weight is 299 g/mol. The first-order valence-electron chi connectivity index (χ1n) is 4.02. The minimum atomic E-state index is -6.09.